The number of anilines is 1. The third-order valence-electron chi connectivity index (χ3n) is 4.97. The van der Waals surface area contributed by atoms with Crippen LogP contribution in [0.4, 0.5) is 5.69 Å². The van der Waals surface area contributed by atoms with E-state index in [4.69, 9.17) is 5.73 Å². The number of amides is 1. The second-order valence-electron chi connectivity index (χ2n) is 7.07. The highest BCUT2D eigenvalue weighted by Gasteiger charge is 2.22. The molecule has 24 heavy (non-hydrogen) atoms. The number of hydrogen-bond donors (Lipinski definition) is 1. The zero-order chi connectivity index (χ0) is 17.3. The van der Waals surface area contributed by atoms with Gasteiger partial charge in [0.05, 0.1) is 0 Å². The topological polar surface area (TPSA) is 46.3 Å². The van der Waals surface area contributed by atoms with Crippen LogP contribution < -0.4 is 10.6 Å². The molecule has 0 fully saturated rings. The maximum Gasteiger partial charge on any atom is 0.223 e. The van der Waals surface area contributed by atoms with Gasteiger partial charge in [-0.15, -0.1) is 0 Å². The Balaban J connectivity index is 1.79. The number of nitrogens with zero attached hydrogens (tertiary/aromatic N) is 1. The van der Waals surface area contributed by atoms with E-state index in [2.05, 4.69) is 56.3 Å². The lowest BCUT2D eigenvalue weighted by Crippen LogP contribution is -2.28. The van der Waals surface area contributed by atoms with Crippen LogP contribution in [0.25, 0.3) is 11.1 Å². The molecule has 1 aliphatic heterocycles. The second-order valence-corrected chi connectivity index (χ2v) is 7.07. The molecule has 3 rings (SSSR count). The first-order chi connectivity index (χ1) is 11.5. The third-order valence-corrected chi connectivity index (χ3v) is 4.97. The van der Waals surface area contributed by atoms with E-state index in [1.807, 2.05) is 4.90 Å². The minimum absolute atomic E-state index is 0.118. The Morgan fingerprint density at radius 3 is 2.42 bits per heavy atom. The fourth-order valence-corrected chi connectivity index (χ4v) is 3.25. The molecule has 2 aromatic carbocycles. The highest BCUT2D eigenvalue weighted by molar-refractivity contribution is 5.94. The number of benzene rings is 2. The van der Waals surface area contributed by atoms with E-state index in [1.165, 1.54) is 22.3 Å². The minimum atomic E-state index is 0.118. The first kappa shape index (κ1) is 16.7. The predicted molar refractivity (Wildman–Crippen MR) is 100 cm³/mol. The van der Waals surface area contributed by atoms with E-state index >= 15 is 0 Å². The molecule has 0 saturated carbocycles. The van der Waals surface area contributed by atoms with Gasteiger partial charge in [0.25, 0.3) is 0 Å². The zero-order valence-corrected chi connectivity index (χ0v) is 14.8. The molecular formula is C21H26N2O. The smallest absolute Gasteiger partial charge is 0.223 e. The quantitative estimate of drug-likeness (QED) is 0.931. The third kappa shape index (κ3) is 3.36. The molecule has 3 heteroatoms. The van der Waals surface area contributed by atoms with E-state index in [0.29, 0.717) is 5.92 Å². The van der Waals surface area contributed by atoms with Crippen molar-refractivity contribution in [1.82, 2.24) is 0 Å². The normalized spacial score (nSPS) is 14.8. The lowest BCUT2D eigenvalue weighted by molar-refractivity contribution is -0.116. The van der Waals surface area contributed by atoms with Gasteiger partial charge in [0.1, 0.15) is 0 Å². The summed E-state index contributed by atoms with van der Waals surface area (Å²) in [7, 11) is 0. The van der Waals surface area contributed by atoms with Crippen molar-refractivity contribution in [2.45, 2.75) is 39.7 Å². The van der Waals surface area contributed by atoms with Gasteiger partial charge in [0.15, 0.2) is 0 Å². The van der Waals surface area contributed by atoms with Crippen LogP contribution in [0.2, 0.25) is 0 Å². The SMILES string of the molecule is CC(=O)N1CCc2cc(-c3ccc(CC(N)C(C)C)cc3)ccc21. The van der Waals surface area contributed by atoms with Gasteiger partial charge in [-0.2, -0.15) is 0 Å². The summed E-state index contributed by atoms with van der Waals surface area (Å²) in [6.45, 7) is 6.74. The Labute approximate surface area is 144 Å². The Bertz CT molecular complexity index is 734. The van der Waals surface area contributed by atoms with Crippen molar-refractivity contribution in [2.24, 2.45) is 11.7 Å². The van der Waals surface area contributed by atoms with Crippen molar-refractivity contribution < 1.29 is 4.79 Å². The van der Waals surface area contributed by atoms with E-state index in [9.17, 15) is 4.79 Å². The predicted octanol–water partition coefficient (Wildman–Crippen LogP) is 3.79. The Morgan fingerprint density at radius 2 is 1.79 bits per heavy atom. The standard InChI is InChI=1S/C21H26N2O/c1-14(2)20(22)12-16-4-6-17(7-5-16)18-8-9-21-19(13-18)10-11-23(21)15(3)24/h4-9,13-14,20H,10-12,22H2,1-3H3. The summed E-state index contributed by atoms with van der Waals surface area (Å²) in [5, 5.41) is 0. The lowest BCUT2D eigenvalue weighted by atomic mass is 9.95. The minimum Gasteiger partial charge on any atom is -0.327 e. The molecule has 0 radical (unpaired) electrons. The second kappa shape index (κ2) is 6.78. The molecule has 2 N–H and O–H groups in total. The lowest BCUT2D eigenvalue weighted by Gasteiger charge is -2.16. The molecule has 0 bridgehead atoms. The molecule has 1 unspecified atom stereocenters. The van der Waals surface area contributed by atoms with Gasteiger partial charge in [0, 0.05) is 25.2 Å². The molecular weight excluding hydrogens is 296 g/mol. The van der Waals surface area contributed by atoms with Gasteiger partial charge in [-0.1, -0.05) is 44.2 Å². The summed E-state index contributed by atoms with van der Waals surface area (Å²) in [5.41, 5.74) is 12.2. The Kier molecular flexibility index (Phi) is 4.72. The van der Waals surface area contributed by atoms with Gasteiger partial charge in [-0.3, -0.25) is 4.79 Å². The number of carbonyl (C=O) groups is 1. The van der Waals surface area contributed by atoms with Gasteiger partial charge >= 0.3 is 0 Å². The number of hydrogen-bond acceptors (Lipinski definition) is 2. The summed E-state index contributed by atoms with van der Waals surface area (Å²) in [4.78, 5) is 13.5. The summed E-state index contributed by atoms with van der Waals surface area (Å²) in [6, 6.07) is 15.3. The van der Waals surface area contributed by atoms with Crippen molar-refractivity contribution in [1.29, 1.82) is 0 Å². The number of fused-ring (bicyclic) bond motifs is 1. The molecule has 126 valence electrons. The molecule has 1 amide bonds. The molecule has 0 spiro atoms. The van der Waals surface area contributed by atoms with Crippen LogP contribution in [-0.4, -0.2) is 18.5 Å². The number of carbonyl (C=O) groups excluding carboxylic acids is 1. The molecule has 1 heterocycles. The van der Waals surface area contributed by atoms with Crippen molar-refractivity contribution in [3.05, 3.63) is 53.6 Å². The fourth-order valence-electron chi connectivity index (χ4n) is 3.25. The molecule has 2 aromatic rings. The van der Waals surface area contributed by atoms with Crippen molar-refractivity contribution >= 4 is 11.6 Å². The van der Waals surface area contributed by atoms with E-state index < -0.39 is 0 Å². The van der Waals surface area contributed by atoms with Gasteiger partial charge in [-0.25, -0.2) is 0 Å². The van der Waals surface area contributed by atoms with Gasteiger partial charge in [-0.05, 0) is 53.1 Å². The summed E-state index contributed by atoms with van der Waals surface area (Å²) < 4.78 is 0. The van der Waals surface area contributed by atoms with Crippen LogP contribution >= 0.6 is 0 Å². The highest BCUT2D eigenvalue weighted by Crippen LogP contribution is 2.32. The first-order valence-corrected chi connectivity index (χ1v) is 8.71. The highest BCUT2D eigenvalue weighted by atomic mass is 16.2. The van der Waals surface area contributed by atoms with E-state index in [1.54, 1.807) is 6.92 Å². The van der Waals surface area contributed by atoms with Crippen molar-refractivity contribution in [2.75, 3.05) is 11.4 Å². The van der Waals surface area contributed by atoms with E-state index in [-0.39, 0.29) is 11.9 Å². The van der Waals surface area contributed by atoms with Crippen molar-refractivity contribution in [3.8, 4) is 11.1 Å². The molecule has 1 aliphatic rings. The number of nitrogens with two attached hydrogens (primary N) is 1. The van der Waals surface area contributed by atoms with E-state index in [0.717, 1.165) is 25.1 Å². The van der Waals surface area contributed by atoms with Gasteiger partial charge < -0.3 is 10.6 Å². The summed E-state index contributed by atoms with van der Waals surface area (Å²) in [5.74, 6) is 0.609. The maximum atomic E-state index is 11.7. The molecule has 3 nitrogen and oxygen atoms in total. The van der Waals surface area contributed by atoms with Crippen LogP contribution in [0.15, 0.2) is 42.5 Å². The first-order valence-electron chi connectivity index (χ1n) is 8.71. The Hall–Kier alpha value is -2.13. The Morgan fingerprint density at radius 1 is 1.12 bits per heavy atom. The molecule has 0 aliphatic carbocycles. The van der Waals surface area contributed by atoms with Crippen LogP contribution in [0.3, 0.4) is 0 Å². The molecule has 1 atom stereocenters. The average Bonchev–Trinajstić information content (AvgIpc) is 2.98. The summed E-state index contributed by atoms with van der Waals surface area (Å²) >= 11 is 0. The van der Waals surface area contributed by atoms with Crippen molar-refractivity contribution in [3.63, 3.8) is 0 Å². The average molecular weight is 322 g/mol. The fraction of sp³-hybridized carbons (Fsp3) is 0.381. The zero-order valence-electron chi connectivity index (χ0n) is 14.8. The molecule has 0 saturated heterocycles. The van der Waals surface area contributed by atoms with Crippen LogP contribution in [0.1, 0.15) is 31.9 Å². The van der Waals surface area contributed by atoms with Crippen LogP contribution in [-0.2, 0) is 17.6 Å². The largest absolute Gasteiger partial charge is 0.327 e. The maximum absolute atomic E-state index is 11.7. The number of rotatable bonds is 4. The van der Waals surface area contributed by atoms with Crippen LogP contribution in [0, 0.1) is 5.92 Å². The van der Waals surface area contributed by atoms with Gasteiger partial charge in [0.2, 0.25) is 5.91 Å². The molecule has 0 aromatic heterocycles. The van der Waals surface area contributed by atoms with Crippen LogP contribution in [0.5, 0.6) is 0 Å². The monoisotopic (exact) mass is 322 g/mol. The summed E-state index contributed by atoms with van der Waals surface area (Å²) in [6.07, 6.45) is 1.85.